The third-order valence-corrected chi connectivity index (χ3v) is 8.39. The summed E-state index contributed by atoms with van der Waals surface area (Å²) in [5, 5.41) is 0. The fraction of sp³-hybridized carbons (Fsp3) is 0.556. The second kappa shape index (κ2) is 8.35. The molecule has 2 heterocycles. The molecule has 1 aromatic rings. The Bertz CT molecular complexity index is 806. The molecule has 0 unspecified atom stereocenters. The normalized spacial score (nSPS) is 21.3. The molecule has 3 rings (SSSR count). The van der Waals surface area contributed by atoms with Gasteiger partial charge in [0.05, 0.1) is 22.9 Å². The Labute approximate surface area is 163 Å². The highest BCUT2D eigenvalue weighted by Crippen LogP contribution is 2.34. The molecule has 0 N–H and O–H groups in total. The summed E-state index contributed by atoms with van der Waals surface area (Å²) in [6, 6.07) is 7.86. The van der Waals surface area contributed by atoms with Crippen LogP contribution in [-0.2, 0) is 20.4 Å². The number of nitrogens with zero attached hydrogens (tertiary/aromatic N) is 2. The van der Waals surface area contributed by atoms with Gasteiger partial charge in [0, 0.05) is 18.3 Å². The number of carbonyl (C=O) groups excluding carboxylic acids is 1. The lowest BCUT2D eigenvalue weighted by Crippen LogP contribution is -2.44. The summed E-state index contributed by atoms with van der Waals surface area (Å²) in [4.78, 5) is 19.2. The highest BCUT2D eigenvalue weighted by molar-refractivity contribution is 8.38. The molecule has 0 saturated carbocycles. The molecule has 2 aliphatic rings. The van der Waals surface area contributed by atoms with Crippen molar-refractivity contribution in [2.45, 2.75) is 32.1 Å². The van der Waals surface area contributed by atoms with E-state index in [1.54, 1.807) is 16.7 Å². The largest absolute Gasteiger partial charge is 0.338 e. The summed E-state index contributed by atoms with van der Waals surface area (Å²) < 4.78 is 24.5. The summed E-state index contributed by atoms with van der Waals surface area (Å²) in [5.74, 6) is 1.77. The number of carbonyl (C=O) groups is 1. The smallest absolute Gasteiger partial charge is 0.233 e. The van der Waals surface area contributed by atoms with Gasteiger partial charge in [-0.1, -0.05) is 55.6 Å². The van der Waals surface area contributed by atoms with E-state index in [0.717, 1.165) is 15.8 Å². The Hall–Kier alpha value is -0.990. The molecule has 8 heteroatoms. The van der Waals surface area contributed by atoms with Gasteiger partial charge >= 0.3 is 0 Å². The molecule has 1 saturated heterocycles. The monoisotopic (exact) mass is 412 g/mol. The predicted octanol–water partition coefficient (Wildman–Crippen LogP) is 3.33. The Morgan fingerprint density at radius 3 is 2.85 bits per heavy atom. The molecule has 2 aliphatic heterocycles. The number of sulfone groups is 1. The van der Waals surface area contributed by atoms with Crippen molar-refractivity contribution in [3.05, 3.63) is 29.8 Å². The predicted molar refractivity (Wildman–Crippen MR) is 111 cm³/mol. The van der Waals surface area contributed by atoms with E-state index in [0.29, 0.717) is 24.6 Å². The van der Waals surface area contributed by atoms with E-state index in [1.807, 2.05) is 18.2 Å². The minimum Gasteiger partial charge on any atom is -0.338 e. The van der Waals surface area contributed by atoms with Crippen molar-refractivity contribution in [2.24, 2.45) is 10.9 Å². The lowest BCUT2D eigenvalue weighted by Gasteiger charge is -2.30. The molecule has 0 spiro atoms. The van der Waals surface area contributed by atoms with Crippen molar-refractivity contribution < 1.29 is 13.2 Å². The van der Waals surface area contributed by atoms with E-state index < -0.39 is 9.84 Å². The molecule has 0 bridgehead atoms. The average molecular weight is 413 g/mol. The summed E-state index contributed by atoms with van der Waals surface area (Å²) >= 11 is 3.11. The van der Waals surface area contributed by atoms with Crippen LogP contribution in [0.25, 0.3) is 0 Å². The summed E-state index contributed by atoms with van der Waals surface area (Å²) in [5.41, 5.74) is 2.19. The number of para-hydroxylation sites is 1. The van der Waals surface area contributed by atoms with Crippen LogP contribution in [0.4, 0.5) is 5.69 Å². The van der Waals surface area contributed by atoms with E-state index in [2.05, 4.69) is 24.9 Å². The fourth-order valence-electron chi connectivity index (χ4n) is 3.16. The molecule has 142 valence electrons. The molecule has 0 radical (unpaired) electrons. The Kier molecular flexibility index (Phi) is 6.35. The maximum atomic E-state index is 12.8. The zero-order chi connectivity index (χ0) is 18.7. The first-order valence-electron chi connectivity index (χ1n) is 8.76. The number of benzene rings is 1. The molecular weight excluding hydrogens is 388 g/mol. The zero-order valence-electron chi connectivity index (χ0n) is 15.1. The molecule has 0 aromatic heterocycles. The highest BCUT2D eigenvalue weighted by atomic mass is 32.2. The fourth-order valence-corrected chi connectivity index (χ4v) is 6.84. The number of aliphatic imine (C=N–C) groups is 1. The van der Waals surface area contributed by atoms with E-state index >= 15 is 0 Å². The first-order valence-corrected chi connectivity index (χ1v) is 12.6. The molecule has 0 aliphatic carbocycles. The second-order valence-electron chi connectivity index (χ2n) is 7.08. The van der Waals surface area contributed by atoms with Crippen molar-refractivity contribution in [1.29, 1.82) is 0 Å². The molecule has 5 nitrogen and oxygen atoms in total. The molecular formula is C18H24N2O3S3. The molecule has 1 atom stereocenters. The van der Waals surface area contributed by atoms with Crippen LogP contribution in [0.15, 0.2) is 29.3 Å². The lowest BCUT2D eigenvalue weighted by molar-refractivity contribution is -0.130. The number of thioether (sulfide) groups is 2. The highest BCUT2D eigenvalue weighted by Gasteiger charge is 2.34. The zero-order valence-corrected chi connectivity index (χ0v) is 17.5. The molecule has 26 heavy (non-hydrogen) atoms. The maximum Gasteiger partial charge on any atom is 0.233 e. The first kappa shape index (κ1) is 19.8. The number of rotatable bonds is 5. The van der Waals surface area contributed by atoms with Crippen LogP contribution in [0.5, 0.6) is 0 Å². The quantitative estimate of drug-likeness (QED) is 0.742. The summed E-state index contributed by atoms with van der Waals surface area (Å²) in [6.07, 6.45) is 0.550. The van der Waals surface area contributed by atoms with E-state index in [1.165, 1.54) is 17.3 Å². The number of fused-ring (bicyclic) bond motifs is 1. The number of hydrogen-bond donors (Lipinski definition) is 0. The maximum absolute atomic E-state index is 12.8. The SMILES string of the molecule is CC(C)CN(C(=O)CSC1=Nc2ccccc2CS1)[C@@H]1CCS(=O)(=O)C1. The van der Waals surface area contributed by atoms with Gasteiger partial charge in [-0.05, 0) is 24.0 Å². The Morgan fingerprint density at radius 2 is 2.15 bits per heavy atom. The van der Waals surface area contributed by atoms with Gasteiger partial charge in [0.1, 0.15) is 4.38 Å². The minimum atomic E-state index is -3.01. The van der Waals surface area contributed by atoms with Crippen LogP contribution in [0.1, 0.15) is 25.8 Å². The van der Waals surface area contributed by atoms with Crippen LogP contribution in [-0.4, -0.2) is 53.4 Å². The van der Waals surface area contributed by atoms with Gasteiger partial charge in [-0.2, -0.15) is 0 Å². The van der Waals surface area contributed by atoms with Gasteiger partial charge in [0.15, 0.2) is 9.84 Å². The molecule has 1 amide bonds. The standard InChI is InChI=1S/C18H24N2O3S3/c1-13(2)9-20(15-7-8-26(22,23)12-15)17(21)11-25-18-19-16-6-4-3-5-14(16)10-24-18/h3-6,13,15H,7-12H2,1-2H3/t15-/m1/s1. The third-order valence-electron chi connectivity index (χ3n) is 4.40. The van der Waals surface area contributed by atoms with Crippen LogP contribution in [0.2, 0.25) is 0 Å². The van der Waals surface area contributed by atoms with Gasteiger partial charge in [-0.3, -0.25) is 4.79 Å². The second-order valence-corrected chi connectivity index (χ2v) is 11.5. The Morgan fingerprint density at radius 1 is 1.38 bits per heavy atom. The number of hydrogen-bond acceptors (Lipinski definition) is 6. The van der Waals surface area contributed by atoms with E-state index in [-0.39, 0.29) is 23.5 Å². The van der Waals surface area contributed by atoms with Crippen LogP contribution in [0, 0.1) is 5.92 Å². The topological polar surface area (TPSA) is 66.8 Å². The van der Waals surface area contributed by atoms with Gasteiger partial charge < -0.3 is 4.90 Å². The van der Waals surface area contributed by atoms with Crippen LogP contribution >= 0.6 is 23.5 Å². The number of amides is 1. The first-order chi connectivity index (χ1) is 12.3. The van der Waals surface area contributed by atoms with Gasteiger partial charge in [0.2, 0.25) is 5.91 Å². The van der Waals surface area contributed by atoms with E-state index in [9.17, 15) is 13.2 Å². The van der Waals surface area contributed by atoms with E-state index in [4.69, 9.17) is 0 Å². The van der Waals surface area contributed by atoms with Crippen LogP contribution in [0.3, 0.4) is 0 Å². The van der Waals surface area contributed by atoms with Crippen LogP contribution < -0.4 is 0 Å². The van der Waals surface area contributed by atoms with Gasteiger partial charge in [0.25, 0.3) is 0 Å². The van der Waals surface area contributed by atoms with Crippen molar-refractivity contribution in [2.75, 3.05) is 23.8 Å². The minimum absolute atomic E-state index is 0.00737. The lowest BCUT2D eigenvalue weighted by atomic mass is 10.1. The third kappa shape index (κ3) is 5.04. The molecule has 1 fully saturated rings. The Balaban J connectivity index is 1.64. The van der Waals surface area contributed by atoms with Gasteiger partial charge in [-0.15, -0.1) is 0 Å². The molecule has 1 aromatic carbocycles. The summed E-state index contributed by atoms with van der Waals surface area (Å²) in [6.45, 7) is 4.70. The average Bonchev–Trinajstić information content (AvgIpc) is 2.97. The van der Waals surface area contributed by atoms with Crippen molar-refractivity contribution in [3.63, 3.8) is 0 Å². The summed E-state index contributed by atoms with van der Waals surface area (Å²) in [7, 11) is -3.01. The van der Waals surface area contributed by atoms with Crippen molar-refractivity contribution >= 4 is 49.3 Å². The van der Waals surface area contributed by atoms with Crippen molar-refractivity contribution in [3.8, 4) is 0 Å². The van der Waals surface area contributed by atoms with Crippen molar-refractivity contribution in [1.82, 2.24) is 4.90 Å². The van der Waals surface area contributed by atoms with Gasteiger partial charge in [-0.25, -0.2) is 13.4 Å².